The molecule has 2 radical (unpaired) electrons. The molecule has 1 unspecified atom stereocenters. The normalized spacial score (nSPS) is 12.8. The summed E-state index contributed by atoms with van der Waals surface area (Å²) >= 11 is 2.50. The minimum atomic E-state index is -5.84. The summed E-state index contributed by atoms with van der Waals surface area (Å²) in [7, 11) is -15.8. The fourth-order valence-electron chi connectivity index (χ4n) is 14.6. The Morgan fingerprint density at radius 2 is 0.809 bits per heavy atom. The number of hydrogen-bond donors (Lipinski definition) is 2. The first kappa shape index (κ1) is 109. The molecule has 131 heavy (non-hydrogen) atoms. The van der Waals surface area contributed by atoms with E-state index < -0.39 is 56.5 Å². The summed E-state index contributed by atoms with van der Waals surface area (Å²) in [4.78, 5) is 18.2. The van der Waals surface area contributed by atoms with Crippen molar-refractivity contribution >= 4 is 227 Å². The Labute approximate surface area is 877 Å². The molecule has 2 N–H and O–H groups in total. The zero-order valence-electron chi connectivity index (χ0n) is 74.2. The Morgan fingerprint density at radius 3 is 1.18 bits per heavy atom. The van der Waals surface area contributed by atoms with Crippen molar-refractivity contribution in [2.75, 3.05) is 0 Å². The van der Waals surface area contributed by atoms with E-state index in [1.165, 1.54) is 85.1 Å². The summed E-state index contributed by atoms with van der Waals surface area (Å²) in [5.74, 6) is 1.00. The number of rotatable bonds is 12. The number of furan rings is 2. The van der Waals surface area contributed by atoms with Gasteiger partial charge in [0.05, 0.1) is 22.4 Å². The van der Waals surface area contributed by atoms with Crippen LogP contribution in [0.5, 0.6) is 0 Å². The monoisotopic (exact) mass is 2260 g/mol. The first-order valence-electron chi connectivity index (χ1n) is 41.5. The van der Waals surface area contributed by atoms with Gasteiger partial charge in [-0.3, -0.25) is 4.55 Å². The minimum absolute atomic E-state index is 0. The van der Waals surface area contributed by atoms with Crippen LogP contribution in [0.25, 0.3) is 109 Å². The fourth-order valence-corrected chi connectivity index (χ4v) is 20.1. The molecule has 1 aliphatic rings. The van der Waals surface area contributed by atoms with Crippen LogP contribution < -0.4 is 98.8 Å². The van der Waals surface area contributed by atoms with E-state index >= 15 is 4.57 Å². The third-order valence-electron chi connectivity index (χ3n) is 21.6. The van der Waals surface area contributed by atoms with Crippen molar-refractivity contribution < 1.29 is 170 Å². The van der Waals surface area contributed by atoms with E-state index in [0.717, 1.165) is 136 Å². The second kappa shape index (κ2) is 49.0. The zero-order chi connectivity index (χ0) is 91.9. The van der Waals surface area contributed by atoms with Gasteiger partial charge in [-0.2, -0.15) is 39.8 Å². The summed E-state index contributed by atoms with van der Waals surface area (Å²) in [6.07, 6.45) is 3.58. The van der Waals surface area contributed by atoms with Crippen molar-refractivity contribution in [2.24, 2.45) is 0 Å². The molecule has 14 aromatic carbocycles. The van der Waals surface area contributed by atoms with Gasteiger partial charge in [-0.1, -0.05) is 298 Å². The average molecular weight is 2260 g/mol. The van der Waals surface area contributed by atoms with Crippen molar-refractivity contribution in [2.45, 2.75) is 104 Å². The fraction of sp³-hybridized carbons (Fsp3) is 0.157. The molecule has 0 spiro atoms. The number of pyridine rings is 2. The number of benzene rings is 14. The zero-order valence-corrected chi connectivity index (χ0v) is 91.9. The Morgan fingerprint density at radius 1 is 0.473 bits per heavy atom. The van der Waals surface area contributed by atoms with Gasteiger partial charge in [0.25, 0.3) is 0 Å². The summed E-state index contributed by atoms with van der Waals surface area (Å²) in [6.45, 7) is 20.5. The van der Waals surface area contributed by atoms with Gasteiger partial charge in [0, 0.05) is 96.0 Å². The number of alkyl halides is 3. The third kappa shape index (κ3) is 26.0. The van der Waals surface area contributed by atoms with Crippen LogP contribution in [0.4, 0.5) is 13.2 Å². The number of para-hydroxylation sites is 2. The molecule has 18 aromatic rings. The molecule has 1 saturated heterocycles. The number of aliphatic hydroxyl groups is 1. The maximum absolute atomic E-state index is 15.3. The van der Waals surface area contributed by atoms with Crippen LogP contribution >= 0.6 is 22.5 Å². The molecule has 1 aliphatic heterocycles. The maximum atomic E-state index is 15.3. The number of fused-ring (bicyclic) bond motifs is 10. The van der Waals surface area contributed by atoms with E-state index in [2.05, 4.69) is 158 Å². The molecule has 0 saturated carbocycles. The van der Waals surface area contributed by atoms with E-state index in [1.807, 2.05) is 258 Å². The van der Waals surface area contributed by atoms with Crippen LogP contribution in [0.2, 0.25) is 0 Å². The Hall–Kier alpha value is -5.69. The van der Waals surface area contributed by atoms with Gasteiger partial charge in [-0.05, 0) is 149 Å². The van der Waals surface area contributed by atoms with Crippen molar-refractivity contribution in [3.8, 4) is 22.5 Å². The first-order valence-corrected chi connectivity index (χ1v) is 63.5. The van der Waals surface area contributed by atoms with Crippen molar-refractivity contribution in [3.63, 3.8) is 0 Å². The molecule has 1 fully saturated rings. The Balaban J connectivity index is 0.000000184. The quantitative estimate of drug-likeness (QED) is 0.0219. The predicted octanol–water partition coefficient (Wildman–Crippen LogP) is 17.8. The standard InChI is InChI=1S/C28H28BO3P.2C24H18NO.C22H16OP.C3H8O.CHF3O3S.2Ir.3K.HO4P/c1-27(2)28(3,4)32-29(31-27)25-19-21-13-11-12-14-22(21)20-26(25)33(30,23-15-7-5-8-16-23)24-17-9-6-10-18-24;2*1-15(2)16-10-11-18-17(14-16)12-13-25-23(18)21-8-5-7-20-19-6-3-4-9-22(19)26-24(20)21;23-24(20-11-3-1-4-12-20,21-13-5-2-6-14-21)22-16-15-18-9-7-8-10-19(18)17-22;1-3(2)4;2-1(3,4)8(5,6)7;;;;;;1-4-5(2)3/h5-20H,1-4H3;2*3-7,9-15H,1-2H3;1-15,17H;3-4H,1-2H3;(H,5,6,7);;;;;;1H/q;3*-1;;;;;;;+1;/p-1. The van der Waals surface area contributed by atoms with E-state index in [0.29, 0.717) is 11.8 Å². The predicted molar refractivity (Wildman–Crippen MR) is 511 cm³/mol. The molecule has 16 nitrogen and oxygen atoms in total. The van der Waals surface area contributed by atoms with Gasteiger partial charge < -0.3 is 52.5 Å². The number of halogens is 3. The van der Waals surface area contributed by atoms with Gasteiger partial charge in [0.1, 0.15) is 18.3 Å². The van der Waals surface area contributed by atoms with Crippen LogP contribution in [0.15, 0.2) is 337 Å². The Kier molecular flexibility index (Phi) is 40.8. The number of hydrogen-bond acceptors (Lipinski definition) is 15. The molecular weight excluding hydrogens is 2170 g/mol. The third-order valence-corrected chi connectivity index (χ3v) is 28.4. The van der Waals surface area contributed by atoms with Crippen LogP contribution in [-0.2, 0) is 78.0 Å². The van der Waals surface area contributed by atoms with Gasteiger partial charge in [-0.25, -0.2) is 4.67 Å². The van der Waals surface area contributed by atoms with Gasteiger partial charge in [0.15, 0.2) is 7.14 Å². The molecule has 0 amide bonds. The second-order valence-corrected chi connectivity index (χ2v) is 39.1. The van der Waals surface area contributed by atoms with Crippen molar-refractivity contribution in [1.82, 2.24) is 9.97 Å². The van der Waals surface area contributed by atoms with Crippen LogP contribution in [0.3, 0.4) is 0 Å². The molecule has 5 heterocycles. The van der Waals surface area contributed by atoms with Crippen molar-refractivity contribution in [1.29, 1.82) is 0 Å². The summed E-state index contributed by atoms with van der Waals surface area (Å²) in [6, 6.07) is 115. The SMILES string of the molecule is CC(C)O.CC(C)c1ccc2c(-c3[c-]ccc4c3oc3ccccc34)nccc2c1.CC(C)c1ccc2c(-c3[c-]ccc4c3oc3ccccc34)nccc2c1.CC1(C)OB(c2cc3ccccc3cc2P(=O)(c2ccccc2)c2ccccc2)OC1(C)C.O=P(c1[c-]cc2ccccc2c1)(c1ccccc1)c1ccccc1.O=S(=O)(O)C(F)(F)F.O=[P+]([O-])O[O-].[Ir].[Ir].[K+].[K][K]. The topological polar surface area (TPSA) is 252 Å². The van der Waals surface area contributed by atoms with Crippen LogP contribution in [0, 0.1) is 18.2 Å². The molecule has 0 bridgehead atoms. The molecule has 4 aromatic heterocycles. The number of aromatic nitrogens is 2. The summed E-state index contributed by atoms with van der Waals surface area (Å²) in [5.41, 5.74) is 4.12. The molecular formula is C102H89BF3Ir2K3N2O14P3S-3. The van der Waals surface area contributed by atoms with E-state index in [9.17, 15) is 17.7 Å². The van der Waals surface area contributed by atoms with E-state index in [4.69, 9.17) is 50.9 Å². The number of aliphatic hydroxyl groups excluding tert-OH is 1. The molecule has 0 aliphatic carbocycles. The molecule has 29 heteroatoms. The molecule has 19 rings (SSSR count). The van der Waals surface area contributed by atoms with Crippen molar-refractivity contribution in [3.05, 3.63) is 357 Å². The van der Waals surface area contributed by atoms with Gasteiger partial charge >= 0.3 is 146 Å². The Bertz CT molecular complexity index is 6850. The summed E-state index contributed by atoms with van der Waals surface area (Å²) < 4.78 is 124. The average Bonchev–Trinajstić information content (AvgIpc) is 1.62. The molecule has 660 valence electrons. The van der Waals surface area contributed by atoms with Gasteiger partial charge in [-0.15, -0.1) is 53.2 Å². The number of nitrogens with zero attached hydrogens (tertiary/aromatic N) is 2. The van der Waals surface area contributed by atoms with Gasteiger partial charge in [0.2, 0.25) is 0 Å². The van der Waals surface area contributed by atoms with Crippen LogP contribution in [0.1, 0.15) is 92.2 Å². The van der Waals surface area contributed by atoms with E-state index in [1.54, 1.807) is 13.8 Å². The molecule has 1 atom stereocenters. The first-order chi connectivity index (χ1) is 61.2. The van der Waals surface area contributed by atoms with E-state index in [-0.39, 0.29) is 97.7 Å². The van der Waals surface area contributed by atoms with Crippen LogP contribution in [-0.4, -0.2) is 121 Å². The second-order valence-electron chi connectivity index (χ2n) is 31.6. The summed E-state index contributed by atoms with van der Waals surface area (Å²) in [5, 5.41) is 34.8.